The van der Waals surface area contributed by atoms with Crippen molar-refractivity contribution in [3.8, 4) is 55.6 Å². The van der Waals surface area contributed by atoms with Gasteiger partial charge >= 0.3 is 0 Å². The smallest absolute Gasteiger partial charge is 0.143 e. The van der Waals surface area contributed by atoms with Gasteiger partial charge in [0.1, 0.15) is 11.2 Å². The molecule has 0 atom stereocenters. The number of hydrogen-bond donors (Lipinski definition) is 0. The zero-order chi connectivity index (χ0) is 45.0. The van der Waals surface area contributed by atoms with E-state index in [1.54, 1.807) is 0 Å². The molecule has 0 fully saturated rings. The topological polar surface area (TPSA) is 16.4 Å². The Morgan fingerprint density at radius 3 is 1.51 bits per heavy atom. The Bertz CT molecular complexity index is 4000. The van der Waals surface area contributed by atoms with Gasteiger partial charge in [0.15, 0.2) is 0 Å². The van der Waals surface area contributed by atoms with Gasteiger partial charge < -0.3 is 9.32 Å². The first-order valence-corrected chi connectivity index (χ1v) is 23.3. The second-order valence-electron chi connectivity index (χ2n) is 17.6. The monoisotopic (exact) mass is 865 g/mol. The summed E-state index contributed by atoms with van der Waals surface area (Å²) in [5.74, 6) is 0. The average Bonchev–Trinajstić information content (AvgIpc) is 3.80. The first-order chi connectivity index (χ1) is 33.7. The molecule has 0 unspecified atom stereocenters. The van der Waals surface area contributed by atoms with E-state index in [0.717, 1.165) is 61.3 Å². The number of hydrogen-bond acceptors (Lipinski definition) is 2. The van der Waals surface area contributed by atoms with Gasteiger partial charge in [0.2, 0.25) is 0 Å². The molecule has 0 amide bonds. The van der Waals surface area contributed by atoms with Crippen molar-refractivity contribution < 1.29 is 4.42 Å². The third-order valence-corrected chi connectivity index (χ3v) is 13.6. The minimum Gasteiger partial charge on any atom is -0.455 e. The molecule has 0 aliphatic heterocycles. The van der Waals surface area contributed by atoms with Crippen LogP contribution in [-0.4, -0.2) is 0 Å². The van der Waals surface area contributed by atoms with Crippen LogP contribution in [-0.2, 0) is 0 Å². The predicted molar refractivity (Wildman–Crippen MR) is 288 cm³/mol. The molecule has 12 aromatic carbocycles. The van der Waals surface area contributed by atoms with Gasteiger partial charge in [-0.1, -0.05) is 206 Å². The van der Waals surface area contributed by atoms with Crippen LogP contribution in [0.4, 0.5) is 17.1 Å². The number of rotatable bonds is 8. The summed E-state index contributed by atoms with van der Waals surface area (Å²) in [6, 6.07) is 94.5. The van der Waals surface area contributed by atoms with Gasteiger partial charge in [0.05, 0.1) is 0 Å². The van der Waals surface area contributed by atoms with E-state index in [9.17, 15) is 0 Å². The van der Waals surface area contributed by atoms with E-state index in [2.05, 4.69) is 254 Å². The maximum Gasteiger partial charge on any atom is 0.143 e. The summed E-state index contributed by atoms with van der Waals surface area (Å²) in [5.41, 5.74) is 16.8. The summed E-state index contributed by atoms with van der Waals surface area (Å²) in [5, 5.41) is 9.72. The van der Waals surface area contributed by atoms with Gasteiger partial charge in [0.25, 0.3) is 0 Å². The van der Waals surface area contributed by atoms with Crippen LogP contribution in [0.15, 0.2) is 265 Å². The molecule has 0 aliphatic carbocycles. The molecule has 2 heteroatoms. The highest BCUT2D eigenvalue weighted by Crippen LogP contribution is 2.46. The Kier molecular flexibility index (Phi) is 9.54. The van der Waals surface area contributed by atoms with E-state index < -0.39 is 0 Å². The van der Waals surface area contributed by atoms with Crippen molar-refractivity contribution in [3.05, 3.63) is 261 Å². The molecule has 13 rings (SSSR count). The number of fused-ring (bicyclic) bond motifs is 7. The van der Waals surface area contributed by atoms with E-state index >= 15 is 0 Å². The Balaban J connectivity index is 0.938. The molecule has 68 heavy (non-hydrogen) atoms. The minimum absolute atomic E-state index is 0.901. The van der Waals surface area contributed by atoms with Crippen molar-refractivity contribution in [3.63, 3.8) is 0 Å². The highest BCUT2D eigenvalue weighted by atomic mass is 16.3. The highest BCUT2D eigenvalue weighted by Gasteiger charge is 2.20. The van der Waals surface area contributed by atoms with Crippen LogP contribution in [0.1, 0.15) is 0 Å². The largest absolute Gasteiger partial charge is 0.455 e. The molecular formula is C66H43NO. The molecule has 0 radical (unpaired) electrons. The fourth-order valence-corrected chi connectivity index (χ4v) is 10.4. The molecule has 0 aliphatic rings. The number of benzene rings is 12. The van der Waals surface area contributed by atoms with Crippen LogP contribution in [0.5, 0.6) is 0 Å². The number of anilines is 3. The summed E-state index contributed by atoms with van der Waals surface area (Å²) in [6.07, 6.45) is 0. The predicted octanol–water partition coefficient (Wildman–Crippen LogP) is 18.9. The minimum atomic E-state index is 0.901. The fraction of sp³-hybridized carbons (Fsp3) is 0. The van der Waals surface area contributed by atoms with Crippen molar-refractivity contribution in [2.75, 3.05) is 4.90 Å². The van der Waals surface area contributed by atoms with Gasteiger partial charge in [-0.15, -0.1) is 0 Å². The van der Waals surface area contributed by atoms with Crippen molar-refractivity contribution in [1.29, 1.82) is 0 Å². The summed E-state index contributed by atoms with van der Waals surface area (Å²) in [4.78, 5) is 2.37. The van der Waals surface area contributed by atoms with Gasteiger partial charge in [-0.25, -0.2) is 0 Å². The maximum atomic E-state index is 6.47. The first kappa shape index (κ1) is 39.4. The third kappa shape index (κ3) is 6.82. The lowest BCUT2D eigenvalue weighted by atomic mass is 9.84. The van der Waals surface area contributed by atoms with Crippen LogP contribution in [0.25, 0.3) is 110 Å². The lowest BCUT2D eigenvalue weighted by molar-refractivity contribution is 0.670. The Hall–Kier alpha value is -8.98. The van der Waals surface area contributed by atoms with E-state index in [4.69, 9.17) is 4.42 Å². The van der Waals surface area contributed by atoms with E-state index in [1.807, 2.05) is 12.1 Å². The van der Waals surface area contributed by atoms with Crippen LogP contribution >= 0.6 is 0 Å². The molecule has 1 heterocycles. The van der Waals surface area contributed by atoms with Gasteiger partial charge in [-0.05, 0) is 137 Å². The SMILES string of the molecule is c1ccc(-c2c(-c3ccccc3)c3cc(-c4ccc(N(c5ccc(-c6cccc7c6oc6ccccc67)cc5)c5cccc(-c6ccc7ccccc7c6)c5)cc4)ccc3c3ccccc23)cc1. The highest BCUT2D eigenvalue weighted by molar-refractivity contribution is 6.22. The molecule has 318 valence electrons. The number of nitrogens with zero attached hydrogens (tertiary/aromatic N) is 1. The van der Waals surface area contributed by atoms with Gasteiger partial charge in [-0.3, -0.25) is 0 Å². The molecule has 2 nitrogen and oxygen atoms in total. The molecule has 1 aromatic heterocycles. The summed E-state index contributed by atoms with van der Waals surface area (Å²) >= 11 is 0. The quantitative estimate of drug-likeness (QED) is 0.142. The van der Waals surface area contributed by atoms with Crippen LogP contribution in [0, 0.1) is 0 Å². The zero-order valence-corrected chi connectivity index (χ0v) is 37.2. The summed E-state index contributed by atoms with van der Waals surface area (Å²) < 4.78 is 6.47. The summed E-state index contributed by atoms with van der Waals surface area (Å²) in [6.45, 7) is 0. The van der Waals surface area contributed by atoms with E-state index in [1.165, 1.54) is 65.7 Å². The van der Waals surface area contributed by atoms with E-state index in [-0.39, 0.29) is 0 Å². The van der Waals surface area contributed by atoms with E-state index in [0.29, 0.717) is 0 Å². The Labute approximate surface area is 395 Å². The Morgan fingerprint density at radius 1 is 0.250 bits per heavy atom. The maximum absolute atomic E-state index is 6.47. The third-order valence-electron chi connectivity index (χ3n) is 13.6. The molecule has 0 saturated heterocycles. The molecule has 0 N–H and O–H groups in total. The van der Waals surface area contributed by atoms with Crippen molar-refractivity contribution in [2.24, 2.45) is 0 Å². The number of para-hydroxylation sites is 2. The van der Waals surface area contributed by atoms with Gasteiger partial charge in [-0.2, -0.15) is 0 Å². The molecule has 0 spiro atoms. The molecule has 13 aromatic rings. The normalized spacial score (nSPS) is 11.5. The van der Waals surface area contributed by atoms with Crippen LogP contribution in [0.3, 0.4) is 0 Å². The molecule has 0 bridgehead atoms. The lowest BCUT2D eigenvalue weighted by Gasteiger charge is -2.26. The van der Waals surface area contributed by atoms with Crippen molar-refractivity contribution in [1.82, 2.24) is 0 Å². The van der Waals surface area contributed by atoms with Crippen LogP contribution < -0.4 is 4.90 Å². The first-order valence-electron chi connectivity index (χ1n) is 23.3. The summed E-state index contributed by atoms with van der Waals surface area (Å²) in [7, 11) is 0. The van der Waals surface area contributed by atoms with Crippen molar-refractivity contribution >= 4 is 71.3 Å². The average molecular weight is 866 g/mol. The van der Waals surface area contributed by atoms with Gasteiger partial charge in [0, 0.05) is 33.4 Å². The molecular weight excluding hydrogens is 823 g/mol. The second-order valence-corrected chi connectivity index (χ2v) is 17.6. The Morgan fingerprint density at radius 2 is 0.765 bits per heavy atom. The lowest BCUT2D eigenvalue weighted by Crippen LogP contribution is -2.10. The zero-order valence-electron chi connectivity index (χ0n) is 37.2. The fourth-order valence-electron chi connectivity index (χ4n) is 10.4. The van der Waals surface area contributed by atoms with Crippen molar-refractivity contribution in [2.45, 2.75) is 0 Å². The number of furan rings is 1. The van der Waals surface area contributed by atoms with Crippen LogP contribution in [0.2, 0.25) is 0 Å². The molecule has 0 saturated carbocycles. The second kappa shape index (κ2) is 16.5. The standard InChI is InChI=1S/C66H43NO/c1-3-16-47(17-4-1)64-60-25-10-9-23-57(60)58-40-35-52(43-62(58)65(64)48-18-5-2-6-19-48)45-31-36-53(37-32-45)67(55-22-13-21-50(42-55)51-30-29-44-15-7-8-20-49(44)41-51)54-38-33-46(34-39-54)56-26-14-27-61-59-24-11-12-28-63(59)68-66(56)61/h1-43H.